The first-order chi connectivity index (χ1) is 11.0. The molecule has 116 valence electrons. The van der Waals surface area contributed by atoms with Crippen molar-refractivity contribution in [3.8, 4) is 0 Å². The molecular formula is C16H15N5O2. The van der Waals surface area contributed by atoms with Crippen molar-refractivity contribution < 1.29 is 9.59 Å². The maximum atomic E-state index is 12.1. The average Bonchev–Trinajstić information content (AvgIpc) is 3.06. The van der Waals surface area contributed by atoms with Gasteiger partial charge in [-0.1, -0.05) is 0 Å². The lowest BCUT2D eigenvalue weighted by Crippen LogP contribution is -2.44. The summed E-state index contributed by atoms with van der Waals surface area (Å²) in [5, 5.41) is 9.42. The molecule has 3 heterocycles. The normalized spacial score (nSPS) is 24.2. The highest BCUT2D eigenvalue weighted by molar-refractivity contribution is 6.20. The van der Waals surface area contributed by atoms with Crippen molar-refractivity contribution in [2.24, 2.45) is 5.73 Å². The summed E-state index contributed by atoms with van der Waals surface area (Å²) in [6.45, 7) is 1.55. The second kappa shape index (κ2) is 4.45. The quantitative estimate of drug-likeness (QED) is 0.625. The van der Waals surface area contributed by atoms with Crippen LogP contribution in [0.1, 0.15) is 24.2 Å². The monoisotopic (exact) mass is 309 g/mol. The number of nitrogens with zero attached hydrogens (tertiary/aromatic N) is 1. The van der Waals surface area contributed by atoms with Crippen LogP contribution in [0.5, 0.6) is 0 Å². The predicted molar refractivity (Wildman–Crippen MR) is 85.8 cm³/mol. The maximum Gasteiger partial charge on any atom is 0.244 e. The summed E-state index contributed by atoms with van der Waals surface area (Å²) >= 11 is 0. The number of carbonyl (C=O) groups is 2. The van der Waals surface area contributed by atoms with E-state index in [1.807, 2.05) is 24.3 Å². The molecule has 2 amide bonds. The molecule has 0 bridgehead atoms. The summed E-state index contributed by atoms with van der Waals surface area (Å²) in [7, 11) is 0. The molecule has 4 rings (SSSR count). The number of rotatable bonds is 2. The van der Waals surface area contributed by atoms with E-state index in [0.29, 0.717) is 11.3 Å². The van der Waals surface area contributed by atoms with E-state index in [4.69, 9.17) is 5.73 Å². The van der Waals surface area contributed by atoms with Gasteiger partial charge in [0.1, 0.15) is 6.17 Å². The number of benzene rings is 1. The van der Waals surface area contributed by atoms with Gasteiger partial charge in [-0.2, -0.15) is 0 Å². The molecule has 2 aromatic rings. The second-order valence-corrected chi connectivity index (χ2v) is 5.89. The molecule has 5 N–H and O–H groups in total. The number of pyridine rings is 1. The Morgan fingerprint density at radius 3 is 2.48 bits per heavy atom. The molecule has 2 unspecified atom stereocenters. The van der Waals surface area contributed by atoms with Crippen molar-refractivity contribution in [3.05, 3.63) is 47.8 Å². The molecule has 2 aliphatic heterocycles. The summed E-state index contributed by atoms with van der Waals surface area (Å²) in [6.07, 6.45) is 3.36. The van der Waals surface area contributed by atoms with E-state index in [0.717, 1.165) is 16.9 Å². The SMILES string of the molecule is CC1(C(N)=O)C(=O)Nc2cc3c(cc21)NC(c1ccncc1)N3. The molecule has 0 spiro atoms. The zero-order chi connectivity index (χ0) is 16.2. The van der Waals surface area contributed by atoms with Crippen molar-refractivity contribution in [1.82, 2.24) is 4.98 Å². The highest BCUT2D eigenvalue weighted by Gasteiger charge is 2.48. The summed E-state index contributed by atoms with van der Waals surface area (Å²) in [6, 6.07) is 7.46. The first-order valence-electron chi connectivity index (χ1n) is 7.23. The molecule has 7 nitrogen and oxygen atoms in total. The van der Waals surface area contributed by atoms with E-state index >= 15 is 0 Å². The van der Waals surface area contributed by atoms with Crippen molar-refractivity contribution in [1.29, 1.82) is 0 Å². The van der Waals surface area contributed by atoms with Crippen LogP contribution in [0, 0.1) is 0 Å². The van der Waals surface area contributed by atoms with Crippen molar-refractivity contribution in [2.75, 3.05) is 16.0 Å². The molecule has 7 heteroatoms. The molecule has 2 aliphatic rings. The molecule has 1 aromatic heterocycles. The molecule has 0 saturated heterocycles. The van der Waals surface area contributed by atoms with Crippen molar-refractivity contribution in [3.63, 3.8) is 0 Å². The van der Waals surface area contributed by atoms with Crippen molar-refractivity contribution >= 4 is 28.9 Å². The van der Waals surface area contributed by atoms with E-state index in [1.165, 1.54) is 0 Å². The van der Waals surface area contributed by atoms with E-state index < -0.39 is 17.2 Å². The lowest BCUT2D eigenvalue weighted by atomic mass is 9.83. The fraction of sp³-hybridized carbons (Fsp3) is 0.188. The number of carbonyl (C=O) groups excluding carboxylic acids is 2. The van der Waals surface area contributed by atoms with Crippen LogP contribution in [0.25, 0.3) is 0 Å². The van der Waals surface area contributed by atoms with Gasteiger partial charge in [-0.15, -0.1) is 0 Å². The Balaban J connectivity index is 1.74. The Morgan fingerprint density at radius 1 is 1.17 bits per heavy atom. The van der Waals surface area contributed by atoms with Crippen LogP contribution in [0.2, 0.25) is 0 Å². The number of amides is 2. The predicted octanol–water partition coefficient (Wildman–Crippen LogP) is 1.31. The average molecular weight is 309 g/mol. The summed E-state index contributed by atoms with van der Waals surface area (Å²) < 4.78 is 0. The number of hydrogen-bond donors (Lipinski definition) is 4. The number of primary amides is 1. The topological polar surface area (TPSA) is 109 Å². The molecule has 2 atom stereocenters. The zero-order valence-electron chi connectivity index (χ0n) is 12.4. The van der Waals surface area contributed by atoms with Crippen LogP contribution >= 0.6 is 0 Å². The highest BCUT2D eigenvalue weighted by Crippen LogP contribution is 2.45. The molecule has 1 aromatic carbocycles. The van der Waals surface area contributed by atoms with Crippen LogP contribution < -0.4 is 21.7 Å². The number of aromatic nitrogens is 1. The van der Waals surface area contributed by atoms with E-state index in [2.05, 4.69) is 20.9 Å². The zero-order valence-corrected chi connectivity index (χ0v) is 12.4. The Labute approximate surface area is 132 Å². The van der Waals surface area contributed by atoms with E-state index in [9.17, 15) is 9.59 Å². The van der Waals surface area contributed by atoms with Crippen LogP contribution in [0.3, 0.4) is 0 Å². The Morgan fingerprint density at radius 2 is 1.83 bits per heavy atom. The fourth-order valence-corrected chi connectivity index (χ4v) is 3.04. The molecule has 0 radical (unpaired) electrons. The first kappa shape index (κ1) is 13.6. The van der Waals surface area contributed by atoms with Crippen LogP contribution in [0.15, 0.2) is 36.7 Å². The van der Waals surface area contributed by atoms with Gasteiger partial charge in [0.2, 0.25) is 11.8 Å². The van der Waals surface area contributed by atoms with Gasteiger partial charge in [0.05, 0.1) is 11.4 Å². The molecule has 0 saturated carbocycles. The van der Waals surface area contributed by atoms with Gasteiger partial charge < -0.3 is 21.7 Å². The molecule has 0 fully saturated rings. The summed E-state index contributed by atoms with van der Waals surface area (Å²) in [5.41, 5.74) is 8.05. The van der Waals surface area contributed by atoms with Crippen LogP contribution in [-0.4, -0.2) is 16.8 Å². The number of nitrogens with two attached hydrogens (primary N) is 1. The number of hydrogen-bond acceptors (Lipinski definition) is 5. The Kier molecular flexibility index (Phi) is 2.63. The van der Waals surface area contributed by atoms with Crippen molar-refractivity contribution in [2.45, 2.75) is 18.5 Å². The minimum Gasteiger partial charge on any atom is -0.368 e. The van der Waals surface area contributed by atoms with Gasteiger partial charge in [0.25, 0.3) is 0 Å². The van der Waals surface area contributed by atoms with Crippen LogP contribution in [-0.2, 0) is 15.0 Å². The number of fused-ring (bicyclic) bond motifs is 2. The summed E-state index contributed by atoms with van der Waals surface area (Å²) in [5.74, 6) is -1.06. The maximum absolute atomic E-state index is 12.1. The highest BCUT2D eigenvalue weighted by atomic mass is 16.2. The van der Waals surface area contributed by atoms with E-state index in [-0.39, 0.29) is 6.17 Å². The van der Waals surface area contributed by atoms with Gasteiger partial charge in [0.15, 0.2) is 5.41 Å². The Bertz CT molecular complexity index is 836. The van der Waals surface area contributed by atoms with Gasteiger partial charge >= 0.3 is 0 Å². The minimum atomic E-state index is -1.35. The lowest BCUT2D eigenvalue weighted by molar-refractivity contribution is -0.131. The van der Waals surface area contributed by atoms with Gasteiger partial charge in [-0.05, 0) is 36.8 Å². The largest absolute Gasteiger partial charge is 0.368 e. The first-order valence-corrected chi connectivity index (χ1v) is 7.23. The fourth-order valence-electron chi connectivity index (χ4n) is 3.04. The third-order valence-electron chi connectivity index (χ3n) is 4.53. The van der Waals surface area contributed by atoms with Gasteiger partial charge in [-0.3, -0.25) is 14.6 Å². The smallest absolute Gasteiger partial charge is 0.244 e. The second-order valence-electron chi connectivity index (χ2n) is 5.89. The third kappa shape index (κ3) is 1.79. The number of nitrogens with one attached hydrogen (secondary N) is 3. The molecular weight excluding hydrogens is 294 g/mol. The third-order valence-corrected chi connectivity index (χ3v) is 4.53. The molecule has 0 aliphatic carbocycles. The standard InChI is InChI=1S/C16H15N5O2/c1-16(14(17)22)9-6-11-12(7-10(9)21-15(16)23)20-13(19-11)8-2-4-18-5-3-8/h2-7,13,19-20H,1H3,(H2,17,22)(H,21,23). The molecule has 23 heavy (non-hydrogen) atoms. The number of anilines is 3. The van der Waals surface area contributed by atoms with Gasteiger partial charge in [0, 0.05) is 23.6 Å². The Hall–Kier alpha value is -3.09. The lowest BCUT2D eigenvalue weighted by Gasteiger charge is -2.18. The van der Waals surface area contributed by atoms with E-state index in [1.54, 1.807) is 19.3 Å². The minimum absolute atomic E-state index is 0.0916. The summed E-state index contributed by atoms with van der Waals surface area (Å²) in [4.78, 5) is 28.0. The van der Waals surface area contributed by atoms with Crippen LogP contribution in [0.4, 0.5) is 17.1 Å². The van der Waals surface area contributed by atoms with Gasteiger partial charge in [-0.25, -0.2) is 0 Å².